The Balaban J connectivity index is 2.29. The molecule has 0 radical (unpaired) electrons. The molecule has 9 heteroatoms. The molecule has 7 nitrogen and oxygen atoms in total. The number of rotatable bonds is 9. The highest BCUT2D eigenvalue weighted by Gasteiger charge is 2.22. The van der Waals surface area contributed by atoms with Gasteiger partial charge in [-0.2, -0.15) is 4.31 Å². The molecule has 0 saturated carbocycles. The van der Waals surface area contributed by atoms with Crippen LogP contribution in [0.3, 0.4) is 0 Å². The Morgan fingerprint density at radius 3 is 2.07 bits per heavy atom. The number of benzene rings is 2. The second-order valence-electron chi connectivity index (χ2n) is 5.63. The SMILES string of the molecule is CCOc1ccc(S(=O)(=O)Nc2cccc(S(=O)(=O)N(CC)CC)c2)cc1. The van der Waals surface area contributed by atoms with Gasteiger partial charge in [-0.3, -0.25) is 4.72 Å². The third kappa shape index (κ3) is 5.00. The van der Waals surface area contributed by atoms with E-state index in [0.29, 0.717) is 25.4 Å². The third-order valence-corrected chi connectivity index (χ3v) is 7.32. The molecule has 0 fully saturated rings. The molecule has 0 aliphatic heterocycles. The fourth-order valence-electron chi connectivity index (χ4n) is 2.53. The van der Waals surface area contributed by atoms with Crippen molar-refractivity contribution in [1.29, 1.82) is 0 Å². The van der Waals surface area contributed by atoms with E-state index in [0.717, 1.165) is 0 Å². The van der Waals surface area contributed by atoms with Crippen LogP contribution in [0, 0.1) is 0 Å². The molecule has 148 valence electrons. The highest BCUT2D eigenvalue weighted by Crippen LogP contribution is 2.23. The van der Waals surface area contributed by atoms with Gasteiger partial charge in [0.1, 0.15) is 5.75 Å². The van der Waals surface area contributed by atoms with Crippen molar-refractivity contribution < 1.29 is 21.6 Å². The molecule has 0 amide bonds. The summed E-state index contributed by atoms with van der Waals surface area (Å²) in [4.78, 5) is 0.0982. The number of anilines is 1. The van der Waals surface area contributed by atoms with Crippen LogP contribution in [-0.4, -0.2) is 40.8 Å². The lowest BCUT2D eigenvalue weighted by atomic mass is 10.3. The first-order valence-electron chi connectivity index (χ1n) is 8.60. The summed E-state index contributed by atoms with van der Waals surface area (Å²) in [7, 11) is -7.53. The topological polar surface area (TPSA) is 92.8 Å². The average Bonchev–Trinajstić information content (AvgIpc) is 2.63. The van der Waals surface area contributed by atoms with Crippen LogP contribution in [0.25, 0.3) is 0 Å². The van der Waals surface area contributed by atoms with Gasteiger partial charge < -0.3 is 4.74 Å². The maximum Gasteiger partial charge on any atom is 0.261 e. The Morgan fingerprint density at radius 1 is 0.889 bits per heavy atom. The molecule has 0 aliphatic rings. The van der Waals surface area contributed by atoms with Crippen LogP contribution in [-0.2, 0) is 20.0 Å². The van der Waals surface area contributed by atoms with Crippen LogP contribution < -0.4 is 9.46 Å². The summed E-state index contributed by atoms with van der Waals surface area (Å²) in [6, 6.07) is 11.8. The van der Waals surface area contributed by atoms with Crippen LogP contribution in [0.15, 0.2) is 58.3 Å². The van der Waals surface area contributed by atoms with Crippen LogP contribution in [0.1, 0.15) is 20.8 Å². The van der Waals surface area contributed by atoms with Crippen molar-refractivity contribution in [3.05, 3.63) is 48.5 Å². The highest BCUT2D eigenvalue weighted by atomic mass is 32.2. The summed E-state index contributed by atoms with van der Waals surface area (Å²) in [6.45, 7) is 6.49. The van der Waals surface area contributed by atoms with E-state index in [1.807, 2.05) is 6.92 Å². The lowest BCUT2D eigenvalue weighted by molar-refractivity contribution is 0.340. The second-order valence-corrected chi connectivity index (χ2v) is 9.25. The lowest BCUT2D eigenvalue weighted by Crippen LogP contribution is -2.30. The van der Waals surface area contributed by atoms with Crippen molar-refractivity contribution in [3.63, 3.8) is 0 Å². The van der Waals surface area contributed by atoms with Crippen molar-refractivity contribution in [2.75, 3.05) is 24.4 Å². The van der Waals surface area contributed by atoms with E-state index in [1.54, 1.807) is 26.0 Å². The Labute approximate surface area is 161 Å². The summed E-state index contributed by atoms with van der Waals surface area (Å²) in [5, 5.41) is 0. The van der Waals surface area contributed by atoms with E-state index in [4.69, 9.17) is 4.74 Å². The molecule has 2 aromatic carbocycles. The maximum absolute atomic E-state index is 12.6. The molecule has 2 rings (SSSR count). The van der Waals surface area contributed by atoms with Gasteiger partial charge in [0.15, 0.2) is 0 Å². The molecule has 1 N–H and O–H groups in total. The number of nitrogens with zero attached hydrogens (tertiary/aromatic N) is 1. The Bertz CT molecular complexity index is 967. The first-order chi connectivity index (χ1) is 12.7. The Morgan fingerprint density at radius 2 is 1.52 bits per heavy atom. The van der Waals surface area contributed by atoms with Gasteiger partial charge in [-0.05, 0) is 49.4 Å². The molecule has 0 aromatic heterocycles. The standard InChI is InChI=1S/C18H24N2O5S2/c1-4-20(5-2)27(23,24)18-9-7-8-15(14-18)19-26(21,22)17-12-10-16(11-13-17)25-6-3/h7-14,19H,4-6H2,1-3H3. The molecule has 0 atom stereocenters. The van der Waals surface area contributed by atoms with Crippen LogP contribution in [0.4, 0.5) is 5.69 Å². The minimum Gasteiger partial charge on any atom is -0.494 e. The number of ether oxygens (including phenoxy) is 1. The summed E-state index contributed by atoms with van der Waals surface area (Å²) in [5.41, 5.74) is 0.178. The predicted octanol–water partition coefficient (Wildman–Crippen LogP) is 2.92. The van der Waals surface area contributed by atoms with Crippen molar-refractivity contribution >= 4 is 25.7 Å². The number of hydrogen-bond acceptors (Lipinski definition) is 5. The minimum atomic E-state index is -3.85. The smallest absolute Gasteiger partial charge is 0.261 e. The number of sulfonamides is 2. The number of nitrogens with one attached hydrogen (secondary N) is 1. The summed E-state index contributed by atoms with van der Waals surface area (Å²) in [6.07, 6.45) is 0. The summed E-state index contributed by atoms with van der Waals surface area (Å²) >= 11 is 0. The lowest BCUT2D eigenvalue weighted by Gasteiger charge is -2.19. The van der Waals surface area contributed by atoms with Crippen LogP contribution in [0.5, 0.6) is 5.75 Å². The first kappa shape index (κ1) is 21.2. The van der Waals surface area contributed by atoms with Gasteiger partial charge in [-0.15, -0.1) is 0 Å². The molecule has 27 heavy (non-hydrogen) atoms. The zero-order valence-electron chi connectivity index (χ0n) is 15.5. The summed E-state index contributed by atoms with van der Waals surface area (Å²) < 4.78 is 59.4. The van der Waals surface area contributed by atoms with Crippen molar-refractivity contribution in [2.24, 2.45) is 0 Å². The summed E-state index contributed by atoms with van der Waals surface area (Å²) in [5.74, 6) is 0.573. The zero-order chi connectivity index (χ0) is 20.1. The highest BCUT2D eigenvalue weighted by molar-refractivity contribution is 7.92. The van der Waals surface area contributed by atoms with Crippen molar-refractivity contribution in [2.45, 2.75) is 30.6 Å². The fraction of sp³-hybridized carbons (Fsp3) is 0.333. The molecule has 0 unspecified atom stereocenters. The third-order valence-electron chi connectivity index (χ3n) is 3.87. The van der Waals surface area contributed by atoms with E-state index < -0.39 is 20.0 Å². The van der Waals surface area contributed by atoms with E-state index in [2.05, 4.69) is 4.72 Å². The van der Waals surface area contributed by atoms with Crippen molar-refractivity contribution in [1.82, 2.24) is 4.31 Å². The van der Waals surface area contributed by atoms with E-state index in [9.17, 15) is 16.8 Å². The van der Waals surface area contributed by atoms with Gasteiger partial charge >= 0.3 is 0 Å². The molecule has 2 aromatic rings. The van der Waals surface area contributed by atoms with E-state index in [-0.39, 0.29) is 15.5 Å². The molecule has 0 bridgehead atoms. The normalized spacial score (nSPS) is 12.1. The molecular formula is C18H24N2O5S2. The van der Waals surface area contributed by atoms with Gasteiger partial charge in [0.2, 0.25) is 10.0 Å². The predicted molar refractivity (Wildman–Crippen MR) is 105 cm³/mol. The van der Waals surface area contributed by atoms with Gasteiger partial charge in [0.05, 0.1) is 22.1 Å². The molecule has 0 heterocycles. The Kier molecular flexibility index (Phi) is 6.85. The molecule has 0 saturated heterocycles. The van der Waals surface area contributed by atoms with E-state index >= 15 is 0 Å². The largest absolute Gasteiger partial charge is 0.494 e. The maximum atomic E-state index is 12.6. The van der Waals surface area contributed by atoms with Crippen LogP contribution in [0.2, 0.25) is 0 Å². The Hall–Kier alpha value is -2.10. The average molecular weight is 413 g/mol. The van der Waals surface area contributed by atoms with Crippen molar-refractivity contribution in [3.8, 4) is 5.75 Å². The zero-order valence-corrected chi connectivity index (χ0v) is 17.2. The monoisotopic (exact) mass is 412 g/mol. The van der Waals surface area contributed by atoms with E-state index in [1.165, 1.54) is 40.7 Å². The minimum absolute atomic E-state index is 0.0399. The molecule has 0 aliphatic carbocycles. The van der Waals surface area contributed by atoms with Gasteiger partial charge in [-0.25, -0.2) is 16.8 Å². The van der Waals surface area contributed by atoms with Gasteiger partial charge in [-0.1, -0.05) is 19.9 Å². The first-order valence-corrected chi connectivity index (χ1v) is 11.5. The van der Waals surface area contributed by atoms with Crippen LogP contribution >= 0.6 is 0 Å². The van der Waals surface area contributed by atoms with Gasteiger partial charge in [0, 0.05) is 13.1 Å². The molecular weight excluding hydrogens is 388 g/mol. The second kappa shape index (κ2) is 8.73. The van der Waals surface area contributed by atoms with Gasteiger partial charge in [0.25, 0.3) is 10.0 Å². The number of hydrogen-bond donors (Lipinski definition) is 1. The quantitative estimate of drug-likeness (QED) is 0.684. The molecule has 0 spiro atoms. The fourth-order valence-corrected chi connectivity index (χ4v) is 5.08.